The van der Waals surface area contributed by atoms with Gasteiger partial charge in [0.15, 0.2) is 0 Å². The zero-order chi connectivity index (χ0) is 24.7. The van der Waals surface area contributed by atoms with Crippen LogP contribution in [0.3, 0.4) is 0 Å². The van der Waals surface area contributed by atoms with Gasteiger partial charge in [-0.25, -0.2) is 0 Å². The van der Waals surface area contributed by atoms with Crippen molar-refractivity contribution in [3.8, 4) is 0 Å². The van der Waals surface area contributed by atoms with Crippen molar-refractivity contribution < 1.29 is 9.53 Å². The van der Waals surface area contributed by atoms with Gasteiger partial charge >= 0.3 is 5.97 Å². The third-order valence-electron chi connectivity index (χ3n) is 10.3. The minimum atomic E-state index is 0.0664. The summed E-state index contributed by atoms with van der Waals surface area (Å²) in [6.45, 7) is 4.55. The van der Waals surface area contributed by atoms with E-state index in [1.54, 1.807) is 0 Å². The molecule has 0 aromatic heterocycles. The van der Waals surface area contributed by atoms with E-state index < -0.39 is 0 Å². The number of hydrogen-bond acceptors (Lipinski definition) is 2. The van der Waals surface area contributed by atoms with Crippen LogP contribution in [-0.4, -0.2) is 12.1 Å². The summed E-state index contributed by atoms with van der Waals surface area (Å²) in [4.78, 5) is 12.2. The highest BCUT2D eigenvalue weighted by molar-refractivity contribution is 5.69. The van der Waals surface area contributed by atoms with E-state index in [1.807, 2.05) is 0 Å². The van der Waals surface area contributed by atoms with Crippen LogP contribution >= 0.6 is 0 Å². The Balaban J connectivity index is 1.23. The smallest absolute Gasteiger partial charge is 0.306 e. The molecule has 2 nitrogen and oxygen atoms in total. The van der Waals surface area contributed by atoms with Gasteiger partial charge in [-0.1, -0.05) is 90.9 Å². The van der Waals surface area contributed by atoms with Gasteiger partial charge in [0, 0.05) is 6.42 Å². The Morgan fingerprint density at radius 3 is 1.49 bits per heavy atom. The normalized spacial score (nSPS) is 31.8. The molecule has 0 spiro atoms. The maximum absolute atomic E-state index is 12.2. The molecule has 0 bridgehead atoms. The van der Waals surface area contributed by atoms with Crippen LogP contribution in [0.15, 0.2) is 0 Å². The van der Waals surface area contributed by atoms with Crippen molar-refractivity contribution in [2.45, 2.75) is 174 Å². The number of rotatable bonds is 15. The fraction of sp³-hybridized carbons (Fsp3) is 0.970. The molecule has 0 aliphatic heterocycles. The molecule has 0 amide bonds. The average molecular weight is 489 g/mol. The molecule has 3 aliphatic carbocycles. The number of carbonyl (C=O) groups excluding carboxylic acids is 1. The molecule has 35 heavy (non-hydrogen) atoms. The summed E-state index contributed by atoms with van der Waals surface area (Å²) in [6, 6.07) is 0. The molecule has 3 fully saturated rings. The lowest BCUT2D eigenvalue weighted by atomic mass is 9.65. The molecule has 3 aliphatic rings. The van der Waals surface area contributed by atoms with E-state index in [-0.39, 0.29) is 12.1 Å². The van der Waals surface area contributed by atoms with Gasteiger partial charge in [0.25, 0.3) is 0 Å². The summed E-state index contributed by atoms with van der Waals surface area (Å²) in [6.07, 6.45) is 32.5. The molecule has 0 aromatic rings. The van der Waals surface area contributed by atoms with E-state index in [4.69, 9.17) is 4.74 Å². The molecule has 0 saturated heterocycles. The van der Waals surface area contributed by atoms with Gasteiger partial charge in [-0.05, 0) is 100 Å². The van der Waals surface area contributed by atoms with Gasteiger partial charge in [0.1, 0.15) is 6.10 Å². The summed E-state index contributed by atoms with van der Waals surface area (Å²) in [5.74, 6) is 5.06. The van der Waals surface area contributed by atoms with Crippen molar-refractivity contribution in [2.75, 3.05) is 0 Å². The second-order valence-electron chi connectivity index (χ2n) is 12.8. The number of ether oxygens (including phenoxy) is 1. The molecule has 0 heterocycles. The molecule has 2 heteroatoms. The zero-order valence-corrected chi connectivity index (χ0v) is 23.8. The molecule has 0 atom stereocenters. The quantitative estimate of drug-likeness (QED) is 0.169. The van der Waals surface area contributed by atoms with E-state index in [0.29, 0.717) is 6.42 Å². The average Bonchev–Trinajstić information content (AvgIpc) is 2.89. The van der Waals surface area contributed by atoms with Crippen LogP contribution in [0.25, 0.3) is 0 Å². The zero-order valence-electron chi connectivity index (χ0n) is 23.8. The van der Waals surface area contributed by atoms with E-state index in [1.165, 1.54) is 128 Å². The Morgan fingerprint density at radius 1 is 0.543 bits per heavy atom. The maximum Gasteiger partial charge on any atom is 0.306 e. The molecule has 0 unspecified atom stereocenters. The first-order chi connectivity index (χ1) is 17.2. The predicted octanol–water partition coefficient (Wildman–Crippen LogP) is 10.4. The van der Waals surface area contributed by atoms with Gasteiger partial charge in [0.05, 0.1) is 0 Å². The lowest BCUT2D eigenvalue weighted by Gasteiger charge is -2.41. The fourth-order valence-corrected chi connectivity index (χ4v) is 7.87. The third kappa shape index (κ3) is 10.8. The molecular formula is C33H60O2. The topological polar surface area (TPSA) is 26.3 Å². The molecule has 3 rings (SSSR count). The first kappa shape index (κ1) is 29.0. The van der Waals surface area contributed by atoms with Crippen LogP contribution in [0, 0.1) is 29.6 Å². The first-order valence-corrected chi connectivity index (χ1v) is 16.4. The Labute approximate surface area is 219 Å². The van der Waals surface area contributed by atoms with Crippen LogP contribution < -0.4 is 0 Å². The SMILES string of the molecule is CCCCCCCC(=O)O[C@H]1CC[C@H]([C@H]2CC[C@H]([C@H]3CC[C@H](CCCCCCC)CC3)CC2)CC1. The van der Waals surface area contributed by atoms with Crippen molar-refractivity contribution in [3.05, 3.63) is 0 Å². The van der Waals surface area contributed by atoms with E-state index >= 15 is 0 Å². The maximum atomic E-state index is 12.2. The minimum Gasteiger partial charge on any atom is -0.462 e. The second-order valence-corrected chi connectivity index (χ2v) is 12.8. The standard InChI is InChI=1S/C33H60O2/c1-3-5-7-9-11-13-27-15-17-28(18-16-27)29-19-21-30(22-20-29)31-23-25-32(26-24-31)35-33(34)14-12-10-8-6-4-2/h27-32H,3-26H2,1-2H3/t27-,28-,29-,30-,31-,32-. The molecule has 0 aromatic carbocycles. The number of hydrogen-bond donors (Lipinski definition) is 0. The lowest BCUT2D eigenvalue weighted by Crippen LogP contribution is -2.31. The predicted molar refractivity (Wildman–Crippen MR) is 149 cm³/mol. The fourth-order valence-electron chi connectivity index (χ4n) is 7.87. The van der Waals surface area contributed by atoms with Gasteiger partial charge in [0.2, 0.25) is 0 Å². The van der Waals surface area contributed by atoms with Gasteiger partial charge in [-0.3, -0.25) is 4.79 Å². The first-order valence-electron chi connectivity index (χ1n) is 16.4. The highest BCUT2D eigenvalue weighted by Gasteiger charge is 2.35. The van der Waals surface area contributed by atoms with Crippen molar-refractivity contribution in [2.24, 2.45) is 29.6 Å². The number of esters is 1. The molecular weight excluding hydrogens is 428 g/mol. The van der Waals surface area contributed by atoms with Crippen molar-refractivity contribution >= 4 is 5.97 Å². The van der Waals surface area contributed by atoms with Crippen molar-refractivity contribution in [1.29, 1.82) is 0 Å². The Morgan fingerprint density at radius 2 is 0.971 bits per heavy atom. The molecule has 0 N–H and O–H groups in total. The van der Waals surface area contributed by atoms with Crippen molar-refractivity contribution in [1.82, 2.24) is 0 Å². The summed E-state index contributed by atoms with van der Waals surface area (Å²) in [7, 11) is 0. The monoisotopic (exact) mass is 488 g/mol. The Bertz CT molecular complexity index is 533. The summed E-state index contributed by atoms with van der Waals surface area (Å²) in [5.41, 5.74) is 0. The third-order valence-corrected chi connectivity index (χ3v) is 10.3. The van der Waals surface area contributed by atoms with Gasteiger partial charge in [-0.15, -0.1) is 0 Å². The van der Waals surface area contributed by atoms with Crippen LogP contribution in [0.2, 0.25) is 0 Å². The summed E-state index contributed by atoms with van der Waals surface area (Å²) < 4.78 is 5.84. The highest BCUT2D eigenvalue weighted by atomic mass is 16.5. The number of unbranched alkanes of at least 4 members (excludes halogenated alkanes) is 8. The van der Waals surface area contributed by atoms with Crippen LogP contribution in [0.4, 0.5) is 0 Å². The lowest BCUT2D eigenvalue weighted by molar-refractivity contribution is -0.151. The van der Waals surface area contributed by atoms with E-state index in [0.717, 1.165) is 48.9 Å². The molecule has 3 saturated carbocycles. The van der Waals surface area contributed by atoms with Crippen molar-refractivity contribution in [3.63, 3.8) is 0 Å². The van der Waals surface area contributed by atoms with E-state index in [9.17, 15) is 4.79 Å². The summed E-state index contributed by atoms with van der Waals surface area (Å²) in [5, 5.41) is 0. The Hall–Kier alpha value is -0.530. The van der Waals surface area contributed by atoms with Crippen LogP contribution in [0.1, 0.15) is 168 Å². The molecule has 0 radical (unpaired) electrons. The van der Waals surface area contributed by atoms with Crippen LogP contribution in [0.5, 0.6) is 0 Å². The largest absolute Gasteiger partial charge is 0.462 e. The minimum absolute atomic E-state index is 0.0664. The Kier molecular flexibility index (Phi) is 14.2. The highest BCUT2D eigenvalue weighted by Crippen LogP contribution is 2.46. The van der Waals surface area contributed by atoms with Gasteiger partial charge < -0.3 is 4.74 Å². The van der Waals surface area contributed by atoms with Crippen LogP contribution in [-0.2, 0) is 9.53 Å². The molecule has 204 valence electrons. The van der Waals surface area contributed by atoms with Gasteiger partial charge in [-0.2, -0.15) is 0 Å². The second kappa shape index (κ2) is 17.1. The number of carbonyl (C=O) groups is 1. The van der Waals surface area contributed by atoms with E-state index in [2.05, 4.69) is 13.8 Å². The summed E-state index contributed by atoms with van der Waals surface area (Å²) >= 11 is 0.